The van der Waals surface area contributed by atoms with Crippen LogP contribution in [0.4, 0.5) is 5.69 Å². The van der Waals surface area contributed by atoms with Crippen molar-refractivity contribution in [3.05, 3.63) is 41.6 Å². The molecule has 0 aliphatic rings. The molecule has 4 nitrogen and oxygen atoms in total. The molecule has 6 N–H and O–H groups in total. The molecule has 0 amide bonds. The smallest absolute Gasteiger partial charge is 0.107 e. The van der Waals surface area contributed by atoms with E-state index >= 15 is 0 Å². The summed E-state index contributed by atoms with van der Waals surface area (Å²) < 4.78 is 0. The number of nitrogens with two attached hydrogens (primary N) is 2. The molecule has 0 saturated carbocycles. The third kappa shape index (κ3) is 2.11. The summed E-state index contributed by atoms with van der Waals surface area (Å²) in [5, 5.41) is 16.8. The summed E-state index contributed by atoms with van der Waals surface area (Å²) in [6, 6.07) is 6.85. The maximum Gasteiger partial charge on any atom is 0.107 e. The molecule has 0 fully saturated rings. The topological polar surface area (TPSA) is 96.1 Å². The first kappa shape index (κ1) is 10.3. The van der Waals surface area contributed by atoms with Crippen molar-refractivity contribution in [1.29, 1.82) is 5.41 Å². The van der Waals surface area contributed by atoms with E-state index in [4.69, 9.17) is 16.9 Å². The summed E-state index contributed by atoms with van der Waals surface area (Å²) in [6.07, 6.45) is 1.34. The summed E-state index contributed by atoms with van der Waals surface area (Å²) >= 11 is 0. The monoisotopic (exact) mass is 191 g/mol. The zero-order chi connectivity index (χ0) is 10.6. The van der Waals surface area contributed by atoms with Crippen molar-refractivity contribution in [2.45, 2.75) is 6.10 Å². The van der Waals surface area contributed by atoms with Gasteiger partial charge in [-0.25, -0.2) is 0 Å². The standard InChI is InChI=1S/C10H13N3O/c11-5-8(6-12)10(14)7-2-1-3-9(13)4-7/h1-6,10-11,14H,12-13H2/b8-6+,11-5?. The minimum atomic E-state index is -0.888. The zero-order valence-electron chi connectivity index (χ0n) is 7.64. The van der Waals surface area contributed by atoms with Gasteiger partial charge < -0.3 is 22.0 Å². The summed E-state index contributed by atoms with van der Waals surface area (Å²) in [4.78, 5) is 0. The fourth-order valence-electron chi connectivity index (χ4n) is 1.14. The molecule has 0 aliphatic heterocycles. The summed E-state index contributed by atoms with van der Waals surface area (Å²) in [5.74, 6) is 0. The normalized spacial score (nSPS) is 13.6. The van der Waals surface area contributed by atoms with Crippen molar-refractivity contribution in [1.82, 2.24) is 0 Å². The number of aliphatic hydroxyl groups excluding tert-OH is 1. The Kier molecular flexibility index (Phi) is 3.25. The largest absolute Gasteiger partial charge is 0.404 e. The maximum atomic E-state index is 9.75. The number of nitrogen functional groups attached to an aromatic ring is 1. The van der Waals surface area contributed by atoms with E-state index in [-0.39, 0.29) is 0 Å². The average Bonchev–Trinajstić information content (AvgIpc) is 2.19. The van der Waals surface area contributed by atoms with E-state index in [1.54, 1.807) is 24.3 Å². The minimum Gasteiger partial charge on any atom is -0.404 e. The Morgan fingerprint density at radius 1 is 1.50 bits per heavy atom. The van der Waals surface area contributed by atoms with Gasteiger partial charge in [0.05, 0.1) is 0 Å². The van der Waals surface area contributed by atoms with E-state index in [2.05, 4.69) is 0 Å². The molecule has 0 aromatic heterocycles. The Hall–Kier alpha value is -1.81. The lowest BCUT2D eigenvalue weighted by Crippen LogP contribution is -2.05. The summed E-state index contributed by atoms with van der Waals surface area (Å²) in [6.45, 7) is 0. The van der Waals surface area contributed by atoms with Crippen LogP contribution in [0, 0.1) is 5.41 Å². The van der Waals surface area contributed by atoms with Gasteiger partial charge in [0.25, 0.3) is 0 Å². The number of benzene rings is 1. The van der Waals surface area contributed by atoms with Gasteiger partial charge in [0.1, 0.15) is 6.10 Å². The number of hydrogen-bond acceptors (Lipinski definition) is 4. The van der Waals surface area contributed by atoms with Gasteiger partial charge in [-0.1, -0.05) is 12.1 Å². The zero-order valence-corrected chi connectivity index (χ0v) is 7.64. The van der Waals surface area contributed by atoms with Crippen LogP contribution >= 0.6 is 0 Å². The van der Waals surface area contributed by atoms with Gasteiger partial charge in [-0.15, -0.1) is 0 Å². The highest BCUT2D eigenvalue weighted by atomic mass is 16.3. The van der Waals surface area contributed by atoms with Crippen molar-refractivity contribution in [2.75, 3.05) is 5.73 Å². The van der Waals surface area contributed by atoms with Crippen molar-refractivity contribution in [3.8, 4) is 0 Å². The SMILES string of the molecule is N=C/C(=C\N)C(O)c1cccc(N)c1. The molecule has 14 heavy (non-hydrogen) atoms. The van der Waals surface area contributed by atoms with Crippen LogP contribution in [0.15, 0.2) is 36.0 Å². The molecule has 1 aromatic rings. The van der Waals surface area contributed by atoms with E-state index in [1.807, 2.05) is 0 Å². The molecule has 1 atom stereocenters. The first-order valence-electron chi connectivity index (χ1n) is 4.14. The Balaban J connectivity index is 2.99. The van der Waals surface area contributed by atoms with Crippen LogP contribution in [-0.2, 0) is 0 Å². The second-order valence-corrected chi connectivity index (χ2v) is 2.88. The minimum absolute atomic E-state index is 0.343. The number of anilines is 1. The number of nitrogens with one attached hydrogen (secondary N) is 1. The third-order valence-corrected chi connectivity index (χ3v) is 1.90. The molecular formula is C10H13N3O. The highest BCUT2D eigenvalue weighted by Crippen LogP contribution is 2.21. The average molecular weight is 191 g/mol. The lowest BCUT2D eigenvalue weighted by atomic mass is 10.0. The molecule has 0 aliphatic carbocycles. The second-order valence-electron chi connectivity index (χ2n) is 2.88. The Bertz CT molecular complexity index is 360. The van der Waals surface area contributed by atoms with Crippen LogP contribution in [0.5, 0.6) is 0 Å². The summed E-state index contributed by atoms with van der Waals surface area (Å²) in [5.41, 5.74) is 12.4. The van der Waals surface area contributed by atoms with Crippen LogP contribution < -0.4 is 11.5 Å². The lowest BCUT2D eigenvalue weighted by Gasteiger charge is -2.11. The highest BCUT2D eigenvalue weighted by Gasteiger charge is 2.10. The molecule has 0 saturated heterocycles. The first-order chi connectivity index (χ1) is 6.69. The van der Waals surface area contributed by atoms with Crippen LogP contribution in [0.1, 0.15) is 11.7 Å². The van der Waals surface area contributed by atoms with Gasteiger partial charge in [0, 0.05) is 23.7 Å². The van der Waals surface area contributed by atoms with Crippen molar-refractivity contribution in [3.63, 3.8) is 0 Å². The predicted molar refractivity (Wildman–Crippen MR) is 56.9 cm³/mol. The lowest BCUT2D eigenvalue weighted by molar-refractivity contribution is 0.222. The Labute approximate surface area is 82.4 Å². The number of aliphatic hydroxyl groups is 1. The van der Waals surface area contributed by atoms with E-state index in [0.717, 1.165) is 6.21 Å². The van der Waals surface area contributed by atoms with E-state index in [0.29, 0.717) is 16.8 Å². The first-order valence-corrected chi connectivity index (χ1v) is 4.14. The van der Waals surface area contributed by atoms with Crippen LogP contribution in [0.3, 0.4) is 0 Å². The fraction of sp³-hybridized carbons (Fsp3) is 0.100. The van der Waals surface area contributed by atoms with Crippen molar-refractivity contribution in [2.24, 2.45) is 5.73 Å². The van der Waals surface area contributed by atoms with Crippen LogP contribution in [0.2, 0.25) is 0 Å². The maximum absolute atomic E-state index is 9.75. The third-order valence-electron chi connectivity index (χ3n) is 1.90. The van der Waals surface area contributed by atoms with Gasteiger partial charge in [0.15, 0.2) is 0 Å². The molecule has 0 heterocycles. The molecule has 0 spiro atoms. The molecule has 0 bridgehead atoms. The molecule has 1 aromatic carbocycles. The van der Waals surface area contributed by atoms with E-state index in [9.17, 15) is 5.11 Å². The second kappa shape index (κ2) is 4.43. The van der Waals surface area contributed by atoms with E-state index in [1.165, 1.54) is 6.20 Å². The highest BCUT2D eigenvalue weighted by molar-refractivity contribution is 5.77. The molecule has 0 radical (unpaired) electrons. The fourth-order valence-corrected chi connectivity index (χ4v) is 1.14. The predicted octanol–water partition coefficient (Wildman–Crippen LogP) is 0.794. The molecule has 74 valence electrons. The van der Waals surface area contributed by atoms with Gasteiger partial charge >= 0.3 is 0 Å². The van der Waals surface area contributed by atoms with Crippen molar-refractivity contribution < 1.29 is 5.11 Å². The van der Waals surface area contributed by atoms with Crippen molar-refractivity contribution >= 4 is 11.9 Å². The van der Waals surface area contributed by atoms with Gasteiger partial charge in [-0.05, 0) is 17.7 Å². The Morgan fingerprint density at radius 3 is 2.71 bits per heavy atom. The van der Waals surface area contributed by atoms with Crippen LogP contribution in [0.25, 0.3) is 0 Å². The Morgan fingerprint density at radius 2 is 2.21 bits per heavy atom. The molecule has 1 unspecified atom stereocenters. The molecular weight excluding hydrogens is 178 g/mol. The number of hydrogen-bond donors (Lipinski definition) is 4. The quantitative estimate of drug-likeness (QED) is 0.420. The van der Waals surface area contributed by atoms with Gasteiger partial charge in [0.2, 0.25) is 0 Å². The summed E-state index contributed by atoms with van der Waals surface area (Å²) in [7, 11) is 0. The van der Waals surface area contributed by atoms with Gasteiger partial charge in [-0.2, -0.15) is 0 Å². The molecule has 1 rings (SSSR count). The van der Waals surface area contributed by atoms with Crippen LogP contribution in [-0.4, -0.2) is 11.3 Å². The van der Waals surface area contributed by atoms with E-state index < -0.39 is 6.10 Å². The van der Waals surface area contributed by atoms with Gasteiger partial charge in [-0.3, -0.25) is 0 Å². The molecule has 4 heteroatoms. The number of rotatable bonds is 3.